The predicted molar refractivity (Wildman–Crippen MR) is 121 cm³/mol. The highest BCUT2D eigenvalue weighted by Gasteiger charge is 2.30. The van der Waals surface area contributed by atoms with Crippen molar-refractivity contribution >= 4 is 29.0 Å². The first-order valence-corrected chi connectivity index (χ1v) is 10.2. The maximum Gasteiger partial charge on any atom is 0.273 e. The lowest BCUT2D eigenvalue weighted by atomic mass is 10.2. The topological polar surface area (TPSA) is 148 Å². The Hall–Kier alpha value is -4.06. The summed E-state index contributed by atoms with van der Waals surface area (Å²) in [6, 6.07) is 6.62. The van der Waals surface area contributed by atoms with Crippen molar-refractivity contribution in [2.75, 3.05) is 31.8 Å². The van der Waals surface area contributed by atoms with Crippen LogP contribution in [0.1, 0.15) is 33.1 Å². The molecule has 4 N–H and O–H groups in total. The Balaban J connectivity index is 1.70. The fourth-order valence-electron chi connectivity index (χ4n) is 3.19. The number of amides is 2. The molecule has 172 valence electrons. The first-order valence-electron chi connectivity index (χ1n) is 11.7. The molecular formula is C21H25N9O3. The van der Waals surface area contributed by atoms with Crippen LogP contribution in [0.3, 0.4) is 0 Å². The Morgan fingerprint density at radius 2 is 2.09 bits per heavy atom. The first-order chi connectivity index (χ1) is 17.2. The number of aromatic nitrogens is 5. The monoisotopic (exact) mass is 454 g/mol. The molecule has 1 saturated carbocycles. The van der Waals surface area contributed by atoms with Crippen molar-refractivity contribution in [1.82, 2.24) is 35.8 Å². The number of anilines is 3. The molecule has 12 heteroatoms. The van der Waals surface area contributed by atoms with Gasteiger partial charge < -0.3 is 26.0 Å². The van der Waals surface area contributed by atoms with E-state index < -0.39 is 12.9 Å². The molecule has 4 rings (SSSR count). The number of nitrogens with one attached hydrogen (secondary N) is 4. The molecule has 1 aromatic carbocycles. The van der Waals surface area contributed by atoms with Gasteiger partial charge in [-0.2, -0.15) is 0 Å². The molecule has 0 unspecified atom stereocenters. The number of carbonyl (C=O) groups is 2. The van der Waals surface area contributed by atoms with E-state index in [2.05, 4.69) is 36.5 Å². The van der Waals surface area contributed by atoms with Gasteiger partial charge in [0.1, 0.15) is 5.69 Å². The maximum absolute atomic E-state index is 12.7. The van der Waals surface area contributed by atoms with Crippen LogP contribution in [0, 0.1) is 5.92 Å². The summed E-state index contributed by atoms with van der Waals surface area (Å²) in [5.41, 5.74) is 1.55. The van der Waals surface area contributed by atoms with E-state index in [1.54, 1.807) is 36.1 Å². The third kappa shape index (κ3) is 4.90. The van der Waals surface area contributed by atoms with Crippen LogP contribution in [0.2, 0.25) is 0 Å². The lowest BCUT2D eigenvalue weighted by Crippen LogP contribution is -2.22. The molecule has 33 heavy (non-hydrogen) atoms. The summed E-state index contributed by atoms with van der Waals surface area (Å²) in [4.78, 5) is 24.9. The minimum absolute atomic E-state index is 0.0750. The van der Waals surface area contributed by atoms with Gasteiger partial charge in [0.25, 0.3) is 5.91 Å². The highest BCUT2D eigenvalue weighted by atomic mass is 16.5. The van der Waals surface area contributed by atoms with Crippen molar-refractivity contribution < 1.29 is 18.4 Å². The van der Waals surface area contributed by atoms with Crippen molar-refractivity contribution in [2.45, 2.75) is 19.4 Å². The normalized spacial score (nSPS) is 14.5. The number of carbonyl (C=O) groups excluding carboxylic acids is 2. The zero-order chi connectivity index (χ0) is 25.9. The molecular weight excluding hydrogens is 426 g/mol. The fraction of sp³-hybridized carbons (Fsp3) is 0.333. The van der Waals surface area contributed by atoms with E-state index in [0.717, 1.165) is 18.5 Å². The zero-order valence-corrected chi connectivity index (χ0v) is 18.0. The second kappa shape index (κ2) is 9.61. The van der Waals surface area contributed by atoms with Gasteiger partial charge in [0.05, 0.1) is 30.4 Å². The smallest absolute Gasteiger partial charge is 0.273 e. The van der Waals surface area contributed by atoms with Crippen molar-refractivity contribution in [3.63, 3.8) is 0 Å². The summed E-state index contributed by atoms with van der Waals surface area (Å²) < 4.78 is 29.2. The van der Waals surface area contributed by atoms with Crippen LogP contribution in [0.25, 0.3) is 5.69 Å². The van der Waals surface area contributed by atoms with Crippen LogP contribution < -0.4 is 26.0 Å². The van der Waals surface area contributed by atoms with Gasteiger partial charge >= 0.3 is 0 Å². The Bertz CT molecular complexity index is 1280. The molecule has 0 radical (unpaired) electrons. The number of rotatable bonds is 9. The molecule has 2 aromatic heterocycles. The average molecular weight is 455 g/mol. The average Bonchev–Trinajstić information content (AvgIpc) is 3.57. The molecule has 1 fully saturated rings. The number of para-hydroxylation sites is 1. The van der Waals surface area contributed by atoms with Crippen molar-refractivity contribution in [3.05, 3.63) is 41.9 Å². The molecule has 0 aliphatic heterocycles. The molecule has 1 aliphatic carbocycles. The third-order valence-corrected chi connectivity index (χ3v) is 4.94. The second-order valence-corrected chi connectivity index (χ2v) is 7.38. The Labute approximate surface area is 194 Å². The lowest BCUT2D eigenvalue weighted by Gasteiger charge is -2.16. The van der Waals surface area contributed by atoms with Gasteiger partial charge in [0, 0.05) is 29.6 Å². The number of hydrogen-bond acceptors (Lipinski definition) is 9. The van der Waals surface area contributed by atoms with Crippen molar-refractivity contribution in [2.24, 2.45) is 5.92 Å². The molecule has 12 nitrogen and oxygen atoms in total. The van der Waals surface area contributed by atoms with Gasteiger partial charge in [-0.3, -0.25) is 9.59 Å². The van der Waals surface area contributed by atoms with E-state index in [4.69, 9.17) is 8.85 Å². The number of ether oxygens (including phenoxy) is 1. The van der Waals surface area contributed by atoms with Crippen LogP contribution in [-0.4, -0.2) is 58.1 Å². The van der Waals surface area contributed by atoms with Crippen LogP contribution >= 0.6 is 0 Å². The summed E-state index contributed by atoms with van der Waals surface area (Å²) >= 11 is 0. The van der Waals surface area contributed by atoms with E-state index in [0.29, 0.717) is 23.7 Å². The summed E-state index contributed by atoms with van der Waals surface area (Å²) in [5, 5.41) is 26.7. The van der Waals surface area contributed by atoms with Gasteiger partial charge in [0.15, 0.2) is 17.3 Å². The Morgan fingerprint density at radius 3 is 2.82 bits per heavy atom. The Morgan fingerprint density at radius 1 is 1.24 bits per heavy atom. The van der Waals surface area contributed by atoms with Gasteiger partial charge in [0.2, 0.25) is 5.91 Å². The first kappa shape index (κ1) is 18.5. The standard InChI is InChI=1S/C21H25N9O3/c1-22-10-13-11-30(29-26-13)16-6-4-5-14(19(16)33-3)24-15-9-17(25-20(31)12-7-8-12)27-28-18(15)21(32)23-2/h4-6,9,11-12,22H,7-8,10H2,1-3H3,(H,23,32)(H2,24,25,27,31)/i2D3. The van der Waals surface area contributed by atoms with E-state index in [1.807, 2.05) is 5.32 Å². The third-order valence-electron chi connectivity index (χ3n) is 4.94. The van der Waals surface area contributed by atoms with Gasteiger partial charge in [-0.05, 0) is 32.0 Å². The number of nitrogens with zero attached hydrogens (tertiary/aromatic N) is 5. The molecule has 1 aliphatic rings. The van der Waals surface area contributed by atoms with E-state index in [9.17, 15) is 9.59 Å². The molecule has 2 heterocycles. The Kier molecular flexibility index (Phi) is 5.39. The lowest BCUT2D eigenvalue weighted by molar-refractivity contribution is -0.117. The summed E-state index contributed by atoms with van der Waals surface area (Å²) in [6.45, 7) is -2.20. The molecule has 2 amide bonds. The van der Waals surface area contributed by atoms with Crippen LogP contribution in [0.4, 0.5) is 17.2 Å². The summed E-state index contributed by atoms with van der Waals surface area (Å²) in [5.74, 6) is -0.746. The number of benzene rings is 1. The highest BCUT2D eigenvalue weighted by molar-refractivity contribution is 5.99. The van der Waals surface area contributed by atoms with Crippen LogP contribution in [-0.2, 0) is 11.3 Å². The largest absolute Gasteiger partial charge is 0.492 e. The number of hydrogen-bond donors (Lipinski definition) is 4. The van der Waals surface area contributed by atoms with Gasteiger partial charge in [-0.1, -0.05) is 11.3 Å². The van der Waals surface area contributed by atoms with Crippen LogP contribution in [0.15, 0.2) is 30.5 Å². The molecule has 0 spiro atoms. The zero-order valence-electron chi connectivity index (χ0n) is 21.0. The number of methoxy groups -OCH3 is 1. The fourth-order valence-corrected chi connectivity index (χ4v) is 3.19. The van der Waals surface area contributed by atoms with Crippen LogP contribution in [0.5, 0.6) is 5.75 Å². The predicted octanol–water partition coefficient (Wildman–Crippen LogP) is 1.24. The SMILES string of the molecule is [2H]C([2H])([2H])NC(=O)c1nnc(NC(=O)C2CC2)cc1Nc1cccc(-n2cc(CNC)nn2)c1OC. The van der Waals surface area contributed by atoms with Gasteiger partial charge in [-0.25, -0.2) is 4.68 Å². The maximum atomic E-state index is 12.7. The second-order valence-electron chi connectivity index (χ2n) is 7.38. The van der Waals surface area contributed by atoms with Gasteiger partial charge in [-0.15, -0.1) is 15.3 Å². The van der Waals surface area contributed by atoms with E-state index >= 15 is 0 Å². The molecule has 3 aromatic rings. The minimum atomic E-state index is -2.73. The highest BCUT2D eigenvalue weighted by Crippen LogP contribution is 2.35. The van der Waals surface area contributed by atoms with Crippen molar-refractivity contribution in [3.8, 4) is 11.4 Å². The van der Waals surface area contributed by atoms with Crippen molar-refractivity contribution in [1.29, 1.82) is 0 Å². The minimum Gasteiger partial charge on any atom is -0.492 e. The quantitative estimate of drug-likeness (QED) is 0.375. The van der Waals surface area contributed by atoms with E-state index in [-0.39, 0.29) is 29.0 Å². The molecule has 0 saturated heterocycles. The van der Waals surface area contributed by atoms with E-state index in [1.165, 1.54) is 13.2 Å². The molecule has 0 bridgehead atoms. The molecule has 0 atom stereocenters. The summed E-state index contributed by atoms with van der Waals surface area (Å²) in [7, 11) is 3.28. The summed E-state index contributed by atoms with van der Waals surface area (Å²) in [6.07, 6.45) is 3.34.